The molecule has 2 aliphatic rings. The van der Waals surface area contributed by atoms with Crippen molar-refractivity contribution in [3.8, 4) is 0 Å². The highest BCUT2D eigenvalue weighted by Crippen LogP contribution is 2.42. The number of amides is 3. The Morgan fingerprint density at radius 2 is 1.82 bits per heavy atom. The van der Waals surface area contributed by atoms with E-state index in [0.717, 1.165) is 36.8 Å². The molecule has 2 aliphatic carbocycles. The zero-order valence-electron chi connectivity index (χ0n) is 16.2. The number of nitrogens with zero attached hydrogens (tertiary/aromatic N) is 1. The lowest BCUT2D eigenvalue weighted by Crippen LogP contribution is -2.40. The number of nitrogens with two attached hydrogens (primary N) is 1. The molecule has 146 valence electrons. The van der Waals surface area contributed by atoms with Crippen molar-refractivity contribution in [3.63, 3.8) is 0 Å². The number of nitrogens with one attached hydrogen (secondary N) is 1. The third kappa shape index (κ3) is 3.75. The molecule has 0 aliphatic heterocycles. The minimum Gasteiger partial charge on any atom is -0.352 e. The van der Waals surface area contributed by atoms with Gasteiger partial charge in [-0.1, -0.05) is 48.5 Å². The Morgan fingerprint density at radius 1 is 1.11 bits per heavy atom. The summed E-state index contributed by atoms with van der Waals surface area (Å²) in [5.41, 5.74) is 10.0. The van der Waals surface area contributed by atoms with Crippen molar-refractivity contribution >= 4 is 11.9 Å². The van der Waals surface area contributed by atoms with Gasteiger partial charge in [0.05, 0.1) is 18.5 Å². The van der Waals surface area contributed by atoms with Crippen molar-refractivity contribution < 1.29 is 9.59 Å². The Morgan fingerprint density at radius 3 is 2.54 bits per heavy atom. The van der Waals surface area contributed by atoms with Crippen LogP contribution in [0.5, 0.6) is 0 Å². The number of carbonyl (C=O) groups excluding carboxylic acids is 2. The zero-order valence-corrected chi connectivity index (χ0v) is 16.2. The molecule has 5 nitrogen and oxygen atoms in total. The van der Waals surface area contributed by atoms with Crippen LogP contribution in [0.15, 0.2) is 48.5 Å². The first kappa shape index (κ1) is 18.5. The average Bonchev–Trinajstić information content (AvgIpc) is 3.41. The van der Waals surface area contributed by atoms with E-state index in [4.69, 9.17) is 5.73 Å². The molecule has 0 unspecified atom stereocenters. The first-order valence-corrected chi connectivity index (χ1v) is 10.0. The topological polar surface area (TPSA) is 75.4 Å². The fourth-order valence-electron chi connectivity index (χ4n) is 4.48. The number of hydrogen-bond acceptors (Lipinski definition) is 2. The number of primary amides is 1. The lowest BCUT2D eigenvalue weighted by molar-refractivity contribution is -0.135. The van der Waals surface area contributed by atoms with Gasteiger partial charge in [-0.2, -0.15) is 0 Å². The number of rotatable bonds is 6. The average molecular weight is 377 g/mol. The SMILES string of the molecule is Cc1ccccc1[C@@H](CC(=O)N(C1CC1)[C@H]1CCc2ccccc21)NC(N)=O. The van der Waals surface area contributed by atoms with Crippen LogP contribution in [0.2, 0.25) is 0 Å². The van der Waals surface area contributed by atoms with E-state index in [1.54, 1.807) is 0 Å². The van der Waals surface area contributed by atoms with Crippen LogP contribution in [0, 0.1) is 6.92 Å². The number of hydrogen-bond donors (Lipinski definition) is 2. The zero-order chi connectivity index (χ0) is 19.7. The van der Waals surface area contributed by atoms with E-state index in [9.17, 15) is 9.59 Å². The van der Waals surface area contributed by atoms with Gasteiger partial charge < -0.3 is 16.0 Å². The van der Waals surface area contributed by atoms with Crippen LogP contribution in [0.3, 0.4) is 0 Å². The predicted molar refractivity (Wildman–Crippen MR) is 109 cm³/mol. The summed E-state index contributed by atoms with van der Waals surface area (Å²) in [6.07, 6.45) is 4.33. The third-order valence-corrected chi connectivity index (χ3v) is 5.92. The second-order valence-corrected chi connectivity index (χ2v) is 7.91. The van der Waals surface area contributed by atoms with Crippen LogP contribution in [-0.4, -0.2) is 22.9 Å². The molecular weight excluding hydrogens is 350 g/mol. The minimum absolute atomic E-state index is 0.0891. The molecular formula is C23H27N3O2. The standard InChI is InChI=1S/C23H27N3O2/c1-15-6-2-4-8-18(15)20(25-23(24)28)14-22(27)26(17-11-12-17)21-13-10-16-7-3-5-9-19(16)21/h2-9,17,20-21H,10-14H2,1H3,(H3,24,25,28)/t20-,21+/m1/s1. The fraction of sp³-hybridized carbons (Fsp3) is 0.391. The maximum absolute atomic E-state index is 13.4. The maximum Gasteiger partial charge on any atom is 0.312 e. The molecule has 1 fully saturated rings. The summed E-state index contributed by atoms with van der Waals surface area (Å²) in [5.74, 6) is 0.0891. The van der Waals surface area contributed by atoms with E-state index in [1.807, 2.05) is 31.2 Å². The van der Waals surface area contributed by atoms with Gasteiger partial charge in [0, 0.05) is 6.04 Å². The summed E-state index contributed by atoms with van der Waals surface area (Å²) in [6, 6.07) is 15.7. The van der Waals surface area contributed by atoms with E-state index in [0.29, 0.717) is 6.04 Å². The lowest BCUT2D eigenvalue weighted by Gasteiger charge is -2.32. The fourth-order valence-corrected chi connectivity index (χ4v) is 4.48. The van der Waals surface area contributed by atoms with E-state index in [2.05, 4.69) is 34.5 Å². The predicted octanol–water partition coefficient (Wildman–Crippen LogP) is 3.77. The van der Waals surface area contributed by atoms with Crippen LogP contribution >= 0.6 is 0 Å². The second-order valence-electron chi connectivity index (χ2n) is 7.91. The summed E-state index contributed by atoms with van der Waals surface area (Å²) in [6.45, 7) is 1.99. The largest absolute Gasteiger partial charge is 0.352 e. The second kappa shape index (κ2) is 7.66. The molecule has 5 heteroatoms. The highest BCUT2D eigenvalue weighted by molar-refractivity contribution is 5.80. The van der Waals surface area contributed by atoms with Crippen LogP contribution < -0.4 is 11.1 Å². The van der Waals surface area contributed by atoms with Crippen molar-refractivity contribution in [3.05, 3.63) is 70.8 Å². The van der Waals surface area contributed by atoms with Crippen molar-refractivity contribution in [2.45, 2.75) is 57.2 Å². The van der Waals surface area contributed by atoms with Crippen molar-refractivity contribution in [2.24, 2.45) is 5.73 Å². The van der Waals surface area contributed by atoms with Gasteiger partial charge >= 0.3 is 6.03 Å². The molecule has 3 N–H and O–H groups in total. The van der Waals surface area contributed by atoms with Crippen molar-refractivity contribution in [1.82, 2.24) is 10.2 Å². The molecule has 0 aromatic heterocycles. The molecule has 2 aromatic rings. The highest BCUT2D eigenvalue weighted by Gasteiger charge is 2.40. The van der Waals surface area contributed by atoms with Gasteiger partial charge in [-0.15, -0.1) is 0 Å². The molecule has 0 radical (unpaired) electrons. The molecule has 0 spiro atoms. The molecule has 28 heavy (non-hydrogen) atoms. The monoisotopic (exact) mass is 377 g/mol. The molecule has 0 heterocycles. The molecule has 1 saturated carbocycles. The number of benzene rings is 2. The van der Waals surface area contributed by atoms with Gasteiger partial charge in [-0.3, -0.25) is 4.79 Å². The van der Waals surface area contributed by atoms with Crippen molar-refractivity contribution in [2.75, 3.05) is 0 Å². The van der Waals surface area contributed by atoms with E-state index >= 15 is 0 Å². The number of urea groups is 1. The summed E-state index contributed by atoms with van der Waals surface area (Å²) >= 11 is 0. The van der Waals surface area contributed by atoms with Crippen LogP contribution in [0.1, 0.15) is 60.0 Å². The smallest absolute Gasteiger partial charge is 0.312 e. The van der Waals surface area contributed by atoms with Gasteiger partial charge in [0.15, 0.2) is 0 Å². The Kier molecular flexibility index (Phi) is 5.07. The third-order valence-electron chi connectivity index (χ3n) is 5.92. The van der Waals surface area contributed by atoms with Gasteiger partial charge in [0.25, 0.3) is 0 Å². The molecule has 3 amide bonds. The Labute approximate surface area is 165 Å². The summed E-state index contributed by atoms with van der Waals surface area (Å²) in [7, 11) is 0. The highest BCUT2D eigenvalue weighted by atomic mass is 16.2. The normalized spacial score (nSPS) is 19.0. The number of carbonyl (C=O) groups is 2. The Hall–Kier alpha value is -2.82. The Balaban J connectivity index is 1.59. The molecule has 2 atom stereocenters. The van der Waals surface area contributed by atoms with Crippen molar-refractivity contribution in [1.29, 1.82) is 0 Å². The van der Waals surface area contributed by atoms with Gasteiger partial charge in [-0.05, 0) is 54.9 Å². The van der Waals surface area contributed by atoms with E-state index < -0.39 is 12.1 Å². The van der Waals surface area contributed by atoms with Crippen LogP contribution in [0.4, 0.5) is 4.79 Å². The quantitative estimate of drug-likeness (QED) is 0.804. The minimum atomic E-state index is -0.606. The lowest BCUT2D eigenvalue weighted by atomic mass is 9.97. The van der Waals surface area contributed by atoms with Crippen LogP contribution in [-0.2, 0) is 11.2 Å². The van der Waals surface area contributed by atoms with E-state index in [-0.39, 0.29) is 18.4 Å². The first-order valence-electron chi connectivity index (χ1n) is 10.0. The Bertz CT molecular complexity index is 891. The van der Waals surface area contributed by atoms with Crippen LogP contribution in [0.25, 0.3) is 0 Å². The van der Waals surface area contributed by atoms with Gasteiger partial charge in [0.1, 0.15) is 0 Å². The van der Waals surface area contributed by atoms with Gasteiger partial charge in [-0.25, -0.2) is 4.79 Å². The molecule has 0 saturated heterocycles. The molecule has 4 rings (SSSR count). The first-order chi connectivity index (χ1) is 13.5. The van der Waals surface area contributed by atoms with Gasteiger partial charge in [0.2, 0.25) is 5.91 Å². The molecule has 2 aromatic carbocycles. The number of fused-ring (bicyclic) bond motifs is 1. The summed E-state index contributed by atoms with van der Waals surface area (Å²) in [4.78, 5) is 27.1. The van der Waals surface area contributed by atoms with E-state index in [1.165, 1.54) is 11.1 Å². The maximum atomic E-state index is 13.4. The summed E-state index contributed by atoms with van der Waals surface area (Å²) < 4.78 is 0. The number of aryl methyl sites for hydroxylation is 2. The molecule has 0 bridgehead atoms. The summed E-state index contributed by atoms with van der Waals surface area (Å²) in [5, 5.41) is 2.78.